The smallest absolute Gasteiger partial charge is 0.258 e. The fourth-order valence-corrected chi connectivity index (χ4v) is 3.42. The molecule has 2 aromatic carbocycles. The Labute approximate surface area is 156 Å². The van der Waals surface area contributed by atoms with Gasteiger partial charge in [-0.2, -0.15) is 0 Å². The third kappa shape index (κ3) is 3.12. The number of hydrogen-bond acceptors (Lipinski definition) is 6. The molecule has 7 heteroatoms. The van der Waals surface area contributed by atoms with Gasteiger partial charge in [-0.15, -0.1) is 10.2 Å². The average molecular weight is 365 g/mol. The van der Waals surface area contributed by atoms with Crippen LogP contribution >= 0.6 is 0 Å². The van der Waals surface area contributed by atoms with Gasteiger partial charge in [0.25, 0.3) is 5.91 Å². The zero-order valence-corrected chi connectivity index (χ0v) is 15.0. The van der Waals surface area contributed by atoms with Crippen LogP contribution in [0, 0.1) is 6.92 Å². The van der Waals surface area contributed by atoms with Crippen molar-refractivity contribution in [1.29, 1.82) is 0 Å². The summed E-state index contributed by atoms with van der Waals surface area (Å²) in [7, 11) is 1.49. The van der Waals surface area contributed by atoms with Crippen LogP contribution in [0.15, 0.2) is 46.9 Å². The molecule has 0 radical (unpaired) electrons. The Bertz CT molecular complexity index is 998. The number of carbonyl (C=O) groups excluding carboxylic acids is 1. The number of phenols is 1. The number of phenolic OH excluding ortho intramolecular Hbond substituents is 1. The Balaban J connectivity index is 1.78. The Morgan fingerprint density at radius 3 is 2.70 bits per heavy atom. The fourth-order valence-electron chi connectivity index (χ4n) is 3.42. The van der Waals surface area contributed by atoms with Crippen LogP contribution in [0.1, 0.15) is 39.3 Å². The van der Waals surface area contributed by atoms with Crippen LogP contribution in [0.2, 0.25) is 0 Å². The normalized spacial score (nSPS) is 16.1. The molecular weight excluding hydrogens is 346 g/mol. The molecule has 0 saturated heterocycles. The van der Waals surface area contributed by atoms with Crippen LogP contribution in [-0.4, -0.2) is 33.2 Å². The summed E-state index contributed by atoms with van der Waals surface area (Å²) in [6.07, 6.45) is 0.574. The molecular formula is C20H19N3O4. The number of ether oxygens (including phenoxy) is 1. The van der Waals surface area contributed by atoms with E-state index in [1.54, 1.807) is 17.9 Å². The van der Waals surface area contributed by atoms with Gasteiger partial charge in [0.2, 0.25) is 11.8 Å². The van der Waals surface area contributed by atoms with E-state index in [9.17, 15) is 9.90 Å². The molecule has 138 valence electrons. The molecule has 2 heterocycles. The highest BCUT2D eigenvalue weighted by atomic mass is 16.5. The van der Waals surface area contributed by atoms with Crippen molar-refractivity contribution >= 4 is 5.91 Å². The summed E-state index contributed by atoms with van der Waals surface area (Å²) in [4.78, 5) is 15.1. The minimum Gasteiger partial charge on any atom is -0.508 e. The van der Waals surface area contributed by atoms with Crippen LogP contribution in [-0.2, 0) is 13.0 Å². The number of rotatable bonds is 3. The van der Waals surface area contributed by atoms with E-state index in [4.69, 9.17) is 9.15 Å². The van der Waals surface area contributed by atoms with Crippen LogP contribution in [0.3, 0.4) is 0 Å². The number of amides is 1. The monoisotopic (exact) mass is 365 g/mol. The molecule has 0 aliphatic carbocycles. The van der Waals surface area contributed by atoms with Gasteiger partial charge in [0.05, 0.1) is 12.7 Å². The molecule has 1 aliphatic heterocycles. The maximum atomic E-state index is 13.4. The highest BCUT2D eigenvalue weighted by Gasteiger charge is 2.35. The van der Waals surface area contributed by atoms with E-state index in [1.807, 2.05) is 24.3 Å². The number of aryl methyl sites for hydroxylation is 1. The maximum Gasteiger partial charge on any atom is 0.258 e. The third-order valence-corrected chi connectivity index (χ3v) is 4.75. The summed E-state index contributed by atoms with van der Waals surface area (Å²) < 4.78 is 11.0. The Morgan fingerprint density at radius 1 is 1.22 bits per heavy atom. The van der Waals surface area contributed by atoms with E-state index in [1.165, 1.54) is 19.2 Å². The molecule has 27 heavy (non-hydrogen) atoms. The van der Waals surface area contributed by atoms with Gasteiger partial charge < -0.3 is 19.2 Å². The van der Waals surface area contributed by atoms with Crippen LogP contribution in [0.5, 0.6) is 11.5 Å². The SMILES string of the molecule is COc1ccc(O)cc1C(=O)N1Cc2ccccc2CC1c1nnc(C)o1. The van der Waals surface area contributed by atoms with E-state index in [-0.39, 0.29) is 23.3 Å². The quantitative estimate of drug-likeness (QED) is 0.767. The molecule has 1 unspecified atom stereocenters. The Kier molecular flexibility index (Phi) is 4.27. The van der Waals surface area contributed by atoms with E-state index in [2.05, 4.69) is 10.2 Å². The molecule has 0 fully saturated rings. The second-order valence-electron chi connectivity index (χ2n) is 6.47. The van der Waals surface area contributed by atoms with Crippen molar-refractivity contribution in [3.8, 4) is 11.5 Å². The van der Waals surface area contributed by atoms with Gasteiger partial charge in [-0.3, -0.25) is 4.79 Å². The molecule has 7 nitrogen and oxygen atoms in total. The van der Waals surface area contributed by atoms with Crippen molar-refractivity contribution in [2.45, 2.75) is 25.9 Å². The first-order chi connectivity index (χ1) is 13.1. The van der Waals surface area contributed by atoms with E-state index >= 15 is 0 Å². The summed E-state index contributed by atoms with van der Waals surface area (Å²) in [6, 6.07) is 12.1. The molecule has 4 rings (SSSR count). The molecule has 1 aliphatic rings. The van der Waals surface area contributed by atoms with E-state index in [0.717, 1.165) is 11.1 Å². The number of hydrogen-bond donors (Lipinski definition) is 1. The maximum absolute atomic E-state index is 13.4. The fraction of sp³-hybridized carbons (Fsp3) is 0.250. The zero-order valence-electron chi connectivity index (χ0n) is 15.0. The van der Waals surface area contributed by atoms with Crippen molar-refractivity contribution in [2.75, 3.05) is 7.11 Å². The summed E-state index contributed by atoms with van der Waals surface area (Å²) in [5.41, 5.74) is 2.50. The van der Waals surface area contributed by atoms with Gasteiger partial charge in [0, 0.05) is 19.9 Å². The zero-order chi connectivity index (χ0) is 19.0. The van der Waals surface area contributed by atoms with Crippen molar-refractivity contribution in [2.24, 2.45) is 0 Å². The molecule has 1 atom stereocenters. The lowest BCUT2D eigenvalue weighted by Gasteiger charge is -2.35. The number of methoxy groups -OCH3 is 1. The lowest BCUT2D eigenvalue weighted by atomic mass is 9.93. The third-order valence-electron chi connectivity index (χ3n) is 4.75. The molecule has 0 bridgehead atoms. The van der Waals surface area contributed by atoms with Crippen molar-refractivity contribution < 1.29 is 19.1 Å². The van der Waals surface area contributed by atoms with Gasteiger partial charge >= 0.3 is 0 Å². The number of nitrogens with zero attached hydrogens (tertiary/aromatic N) is 3. The lowest BCUT2D eigenvalue weighted by molar-refractivity contribution is 0.0599. The van der Waals surface area contributed by atoms with Crippen LogP contribution < -0.4 is 4.74 Å². The lowest BCUT2D eigenvalue weighted by Crippen LogP contribution is -2.39. The van der Waals surface area contributed by atoms with Gasteiger partial charge in [-0.1, -0.05) is 24.3 Å². The molecule has 1 aromatic heterocycles. The van der Waals surface area contributed by atoms with Gasteiger partial charge in [0.15, 0.2) is 0 Å². The summed E-state index contributed by atoms with van der Waals surface area (Å²) in [6.45, 7) is 2.12. The minimum absolute atomic E-state index is 0.00162. The summed E-state index contributed by atoms with van der Waals surface area (Å²) in [5.74, 6) is 0.984. The number of carbonyl (C=O) groups is 1. The Morgan fingerprint density at radius 2 is 2.00 bits per heavy atom. The highest BCUT2D eigenvalue weighted by molar-refractivity contribution is 5.97. The number of fused-ring (bicyclic) bond motifs is 1. The van der Waals surface area contributed by atoms with E-state index < -0.39 is 0 Å². The van der Waals surface area contributed by atoms with Crippen molar-refractivity contribution in [3.05, 3.63) is 70.9 Å². The minimum atomic E-state index is -0.388. The molecule has 0 spiro atoms. The Hall–Kier alpha value is -3.35. The van der Waals surface area contributed by atoms with Gasteiger partial charge in [0.1, 0.15) is 17.5 Å². The topological polar surface area (TPSA) is 88.7 Å². The number of aromatic nitrogens is 2. The molecule has 0 saturated carbocycles. The standard InChI is InChI=1S/C20H19N3O4/c1-12-21-22-19(27-12)17-9-13-5-3-4-6-14(13)11-23(17)20(25)16-10-15(24)7-8-18(16)26-2/h3-8,10,17,24H,9,11H2,1-2H3. The van der Waals surface area contributed by atoms with Gasteiger partial charge in [-0.25, -0.2) is 0 Å². The predicted molar refractivity (Wildman–Crippen MR) is 96.5 cm³/mol. The molecule has 1 amide bonds. The van der Waals surface area contributed by atoms with Crippen LogP contribution in [0.4, 0.5) is 0 Å². The largest absolute Gasteiger partial charge is 0.508 e. The van der Waals surface area contributed by atoms with Crippen LogP contribution in [0.25, 0.3) is 0 Å². The molecule has 1 N–H and O–H groups in total. The van der Waals surface area contributed by atoms with Gasteiger partial charge in [-0.05, 0) is 29.3 Å². The summed E-state index contributed by atoms with van der Waals surface area (Å²) in [5, 5.41) is 17.9. The highest BCUT2D eigenvalue weighted by Crippen LogP contribution is 2.35. The second-order valence-corrected chi connectivity index (χ2v) is 6.47. The number of aromatic hydroxyl groups is 1. The first-order valence-electron chi connectivity index (χ1n) is 8.61. The first kappa shape index (κ1) is 17.1. The average Bonchev–Trinajstić information content (AvgIpc) is 3.12. The molecule has 3 aromatic rings. The van der Waals surface area contributed by atoms with E-state index in [0.29, 0.717) is 30.5 Å². The van der Waals surface area contributed by atoms with Crippen molar-refractivity contribution in [1.82, 2.24) is 15.1 Å². The number of benzene rings is 2. The van der Waals surface area contributed by atoms with Crippen molar-refractivity contribution in [3.63, 3.8) is 0 Å². The summed E-state index contributed by atoms with van der Waals surface area (Å²) >= 11 is 0. The first-order valence-corrected chi connectivity index (χ1v) is 8.61. The predicted octanol–water partition coefficient (Wildman–Crippen LogP) is 3.03. The second kappa shape index (κ2) is 6.75.